The van der Waals surface area contributed by atoms with Crippen LogP contribution in [0.25, 0.3) is 0 Å². The van der Waals surface area contributed by atoms with Gasteiger partial charge >= 0.3 is 0 Å². The van der Waals surface area contributed by atoms with E-state index < -0.39 is 0 Å². The van der Waals surface area contributed by atoms with Gasteiger partial charge in [0.15, 0.2) is 0 Å². The van der Waals surface area contributed by atoms with Crippen LogP contribution in [0.1, 0.15) is 33.1 Å². The van der Waals surface area contributed by atoms with Gasteiger partial charge in [0.2, 0.25) is 5.91 Å². The van der Waals surface area contributed by atoms with Crippen LogP contribution in [0, 0.1) is 5.92 Å². The Bertz CT molecular complexity index is 213. The molecule has 15 heavy (non-hydrogen) atoms. The fourth-order valence-electron chi connectivity index (χ4n) is 1.97. The summed E-state index contributed by atoms with van der Waals surface area (Å²) in [5.41, 5.74) is 0. The number of likely N-dealkylation sites (tertiary alicyclic amines) is 1. The number of piperidine rings is 1. The number of hydrogen-bond donors (Lipinski definition) is 1. The zero-order valence-corrected chi connectivity index (χ0v) is 10.2. The molecule has 0 aromatic rings. The van der Waals surface area contributed by atoms with E-state index in [4.69, 9.17) is 11.6 Å². The number of amides is 1. The van der Waals surface area contributed by atoms with Crippen molar-refractivity contribution in [3.05, 3.63) is 0 Å². The second-order valence-electron chi connectivity index (χ2n) is 4.28. The number of hydrogen-bond acceptors (Lipinski definition) is 2. The summed E-state index contributed by atoms with van der Waals surface area (Å²) in [6.07, 6.45) is 2.18. The SMILES string of the molecule is CC[C@@H](Cl)C(=O)N1CCC([C@@H](C)O)CC1. The molecule has 1 amide bonds. The van der Waals surface area contributed by atoms with Crippen LogP contribution in [-0.2, 0) is 4.79 Å². The standard InChI is InChI=1S/C11H20ClNO2/c1-3-10(12)11(15)13-6-4-9(5-7-13)8(2)14/h8-10,14H,3-7H2,1-2H3/t8-,10-/m1/s1. The average Bonchev–Trinajstić information content (AvgIpc) is 2.27. The molecule has 0 aromatic carbocycles. The second-order valence-corrected chi connectivity index (χ2v) is 4.81. The smallest absolute Gasteiger partial charge is 0.240 e. The first kappa shape index (κ1) is 12.8. The molecule has 4 heteroatoms. The van der Waals surface area contributed by atoms with Crippen molar-refractivity contribution in [2.45, 2.75) is 44.6 Å². The van der Waals surface area contributed by atoms with Crippen LogP contribution in [0.3, 0.4) is 0 Å². The van der Waals surface area contributed by atoms with Gasteiger partial charge in [-0.15, -0.1) is 11.6 Å². The predicted octanol–water partition coefficient (Wildman–Crippen LogP) is 1.62. The molecule has 1 rings (SSSR count). The lowest BCUT2D eigenvalue weighted by Gasteiger charge is -2.34. The van der Waals surface area contributed by atoms with Crippen LogP contribution in [0.2, 0.25) is 0 Å². The average molecular weight is 234 g/mol. The number of aliphatic hydroxyl groups excluding tert-OH is 1. The molecule has 0 unspecified atom stereocenters. The first-order valence-electron chi connectivity index (χ1n) is 5.67. The Labute approximate surface area is 96.4 Å². The van der Waals surface area contributed by atoms with Crippen molar-refractivity contribution in [1.82, 2.24) is 4.90 Å². The quantitative estimate of drug-likeness (QED) is 0.753. The summed E-state index contributed by atoms with van der Waals surface area (Å²) >= 11 is 5.91. The molecule has 0 saturated carbocycles. The van der Waals surface area contributed by atoms with Gasteiger partial charge in [0.1, 0.15) is 5.38 Å². The van der Waals surface area contributed by atoms with E-state index in [1.165, 1.54) is 0 Å². The second kappa shape index (κ2) is 5.71. The number of halogens is 1. The molecular weight excluding hydrogens is 214 g/mol. The summed E-state index contributed by atoms with van der Waals surface area (Å²) in [5, 5.41) is 9.05. The van der Waals surface area contributed by atoms with E-state index in [1.54, 1.807) is 0 Å². The number of nitrogens with zero attached hydrogens (tertiary/aromatic N) is 1. The minimum Gasteiger partial charge on any atom is -0.393 e. The van der Waals surface area contributed by atoms with Crippen molar-refractivity contribution < 1.29 is 9.90 Å². The minimum atomic E-state index is -0.381. The van der Waals surface area contributed by atoms with Crippen molar-refractivity contribution in [1.29, 1.82) is 0 Å². The largest absolute Gasteiger partial charge is 0.393 e. The molecule has 1 aliphatic rings. The highest BCUT2D eigenvalue weighted by Crippen LogP contribution is 2.21. The highest BCUT2D eigenvalue weighted by molar-refractivity contribution is 6.30. The zero-order chi connectivity index (χ0) is 11.4. The van der Waals surface area contributed by atoms with Gasteiger partial charge in [0.25, 0.3) is 0 Å². The fraction of sp³-hybridized carbons (Fsp3) is 0.909. The van der Waals surface area contributed by atoms with E-state index in [2.05, 4.69) is 0 Å². The molecule has 1 heterocycles. The van der Waals surface area contributed by atoms with E-state index in [0.29, 0.717) is 12.3 Å². The number of carbonyl (C=O) groups is 1. The molecule has 3 nitrogen and oxygen atoms in total. The Morgan fingerprint density at radius 2 is 2.07 bits per heavy atom. The van der Waals surface area contributed by atoms with E-state index >= 15 is 0 Å². The molecular formula is C11H20ClNO2. The summed E-state index contributed by atoms with van der Waals surface area (Å²) in [7, 11) is 0. The van der Waals surface area contributed by atoms with Crippen molar-refractivity contribution in [3.8, 4) is 0 Å². The molecule has 1 fully saturated rings. The van der Waals surface area contributed by atoms with Crippen LogP contribution in [-0.4, -0.2) is 40.5 Å². The molecule has 2 atom stereocenters. The lowest BCUT2D eigenvalue weighted by molar-refractivity contribution is -0.132. The Morgan fingerprint density at radius 3 is 2.47 bits per heavy atom. The summed E-state index contributed by atoms with van der Waals surface area (Å²) in [6.45, 7) is 5.20. The molecule has 0 aromatic heterocycles. The monoisotopic (exact) mass is 233 g/mol. The number of alkyl halides is 1. The van der Waals surface area contributed by atoms with Gasteiger partial charge in [-0.25, -0.2) is 0 Å². The summed E-state index contributed by atoms with van der Waals surface area (Å²) in [6, 6.07) is 0. The van der Waals surface area contributed by atoms with Crippen LogP contribution >= 0.6 is 11.6 Å². The lowest BCUT2D eigenvalue weighted by atomic mass is 9.92. The van der Waals surface area contributed by atoms with Crippen LogP contribution in [0.5, 0.6) is 0 Å². The molecule has 1 aliphatic heterocycles. The third-order valence-corrected chi connectivity index (χ3v) is 3.66. The van der Waals surface area contributed by atoms with Gasteiger partial charge in [-0.05, 0) is 32.1 Å². The Hall–Kier alpha value is -0.280. The van der Waals surface area contributed by atoms with E-state index in [9.17, 15) is 9.90 Å². The van der Waals surface area contributed by atoms with Crippen molar-refractivity contribution in [2.75, 3.05) is 13.1 Å². The summed E-state index contributed by atoms with van der Waals surface area (Å²) in [5.74, 6) is 0.382. The maximum Gasteiger partial charge on any atom is 0.240 e. The summed E-state index contributed by atoms with van der Waals surface area (Å²) in [4.78, 5) is 13.6. The third kappa shape index (κ3) is 3.35. The minimum absolute atomic E-state index is 0.0446. The maximum absolute atomic E-state index is 11.7. The highest BCUT2D eigenvalue weighted by atomic mass is 35.5. The summed E-state index contributed by atoms with van der Waals surface area (Å²) < 4.78 is 0. The van der Waals surface area contributed by atoms with Crippen LogP contribution < -0.4 is 0 Å². The van der Waals surface area contributed by atoms with Gasteiger partial charge in [-0.2, -0.15) is 0 Å². The van der Waals surface area contributed by atoms with Crippen LogP contribution in [0.4, 0.5) is 0 Å². The number of aliphatic hydroxyl groups is 1. The molecule has 0 aliphatic carbocycles. The van der Waals surface area contributed by atoms with E-state index in [-0.39, 0.29) is 17.4 Å². The first-order valence-corrected chi connectivity index (χ1v) is 6.10. The number of rotatable bonds is 3. The molecule has 1 saturated heterocycles. The highest BCUT2D eigenvalue weighted by Gasteiger charge is 2.27. The maximum atomic E-state index is 11.7. The zero-order valence-electron chi connectivity index (χ0n) is 9.45. The molecule has 0 radical (unpaired) electrons. The lowest BCUT2D eigenvalue weighted by Crippen LogP contribution is -2.43. The van der Waals surface area contributed by atoms with Crippen LogP contribution in [0.15, 0.2) is 0 Å². The van der Waals surface area contributed by atoms with Gasteiger partial charge in [-0.3, -0.25) is 4.79 Å². The van der Waals surface area contributed by atoms with Gasteiger partial charge in [0.05, 0.1) is 6.10 Å². The van der Waals surface area contributed by atoms with Crippen molar-refractivity contribution in [3.63, 3.8) is 0 Å². The van der Waals surface area contributed by atoms with E-state index in [0.717, 1.165) is 25.9 Å². The molecule has 1 N–H and O–H groups in total. The normalized spacial score (nSPS) is 22.5. The Balaban J connectivity index is 2.40. The topological polar surface area (TPSA) is 40.5 Å². The molecule has 88 valence electrons. The molecule has 0 spiro atoms. The van der Waals surface area contributed by atoms with Gasteiger partial charge in [-0.1, -0.05) is 6.92 Å². The third-order valence-electron chi connectivity index (χ3n) is 3.16. The Kier molecular flexibility index (Phi) is 4.87. The van der Waals surface area contributed by atoms with E-state index in [1.807, 2.05) is 18.7 Å². The number of carbonyl (C=O) groups excluding carboxylic acids is 1. The van der Waals surface area contributed by atoms with Crippen molar-refractivity contribution >= 4 is 17.5 Å². The van der Waals surface area contributed by atoms with Gasteiger partial charge < -0.3 is 10.0 Å². The van der Waals surface area contributed by atoms with Crippen molar-refractivity contribution in [2.24, 2.45) is 5.92 Å². The molecule has 0 bridgehead atoms. The van der Waals surface area contributed by atoms with Gasteiger partial charge in [0, 0.05) is 13.1 Å². The fourth-order valence-corrected chi connectivity index (χ4v) is 2.11. The predicted molar refractivity (Wildman–Crippen MR) is 60.9 cm³/mol. The Morgan fingerprint density at radius 1 is 1.53 bits per heavy atom. The first-order chi connectivity index (χ1) is 7.06.